The maximum Gasteiger partial charge on any atom is 0.225 e. The zero-order chi connectivity index (χ0) is 11.9. The second-order valence-corrected chi connectivity index (χ2v) is 5.90. The van der Waals surface area contributed by atoms with Crippen molar-refractivity contribution in [1.29, 1.82) is 0 Å². The van der Waals surface area contributed by atoms with Gasteiger partial charge in [0.05, 0.1) is 16.3 Å². The predicted molar refractivity (Wildman–Crippen MR) is 60.9 cm³/mol. The summed E-state index contributed by atoms with van der Waals surface area (Å²) in [4.78, 5) is 11.4. The van der Waals surface area contributed by atoms with Crippen molar-refractivity contribution in [1.82, 2.24) is 0 Å². The predicted octanol–water partition coefficient (Wildman–Crippen LogP) is 0.693. The summed E-state index contributed by atoms with van der Waals surface area (Å²) >= 11 is 0. The number of aryl methyl sites for hydroxylation is 1. The molecule has 0 saturated heterocycles. The summed E-state index contributed by atoms with van der Waals surface area (Å²) in [5.41, 5.74) is 7.16. The van der Waals surface area contributed by atoms with E-state index in [0.29, 0.717) is 11.4 Å². The average Bonchev–Trinajstić information content (AvgIpc) is 2.29. The van der Waals surface area contributed by atoms with Crippen LogP contribution in [0.5, 0.6) is 0 Å². The lowest BCUT2D eigenvalue weighted by molar-refractivity contribution is -0.115. The molecule has 1 aliphatic heterocycles. The van der Waals surface area contributed by atoms with Crippen LogP contribution in [0.4, 0.5) is 11.4 Å². The highest BCUT2D eigenvalue weighted by Gasteiger charge is 2.25. The number of anilines is 2. The number of nitrogen functional groups attached to an aromatic ring is 1. The van der Waals surface area contributed by atoms with Gasteiger partial charge >= 0.3 is 0 Å². The summed E-state index contributed by atoms with van der Waals surface area (Å²) in [5, 5.41) is 2.57. The second kappa shape index (κ2) is 3.48. The molecule has 2 rings (SSSR count). The van der Waals surface area contributed by atoms with Crippen LogP contribution in [-0.4, -0.2) is 20.1 Å². The van der Waals surface area contributed by atoms with Crippen LogP contribution in [0.15, 0.2) is 17.0 Å². The van der Waals surface area contributed by atoms with Gasteiger partial charge in [-0.1, -0.05) is 0 Å². The number of hydrogen-bond acceptors (Lipinski definition) is 4. The molecule has 0 atom stereocenters. The molecule has 0 saturated carbocycles. The molecule has 1 aromatic rings. The molecule has 0 radical (unpaired) electrons. The lowest BCUT2D eigenvalue weighted by Gasteiger charge is -2.09. The summed E-state index contributed by atoms with van der Waals surface area (Å²) in [6, 6.07) is 3.00. The standard InChI is InChI=1S/C10H12N2O3S/c1-6-4-8-9(5-7(6)11)16(14,15)3-2-10(13)12-8/h4-5H,2-3,11H2,1H3,(H,12,13). The second-order valence-electron chi connectivity index (χ2n) is 3.82. The van der Waals surface area contributed by atoms with Crippen molar-refractivity contribution in [2.45, 2.75) is 18.2 Å². The quantitative estimate of drug-likeness (QED) is 0.653. The van der Waals surface area contributed by atoms with E-state index in [-0.39, 0.29) is 23.0 Å². The molecule has 0 unspecified atom stereocenters. The van der Waals surface area contributed by atoms with Gasteiger partial charge in [-0.05, 0) is 24.6 Å². The van der Waals surface area contributed by atoms with E-state index < -0.39 is 9.84 Å². The van der Waals surface area contributed by atoms with E-state index in [2.05, 4.69) is 5.32 Å². The van der Waals surface area contributed by atoms with Gasteiger partial charge in [-0.15, -0.1) is 0 Å². The number of rotatable bonds is 0. The number of carbonyl (C=O) groups excluding carboxylic acids is 1. The van der Waals surface area contributed by atoms with Crippen molar-refractivity contribution in [3.8, 4) is 0 Å². The fourth-order valence-electron chi connectivity index (χ4n) is 1.61. The van der Waals surface area contributed by atoms with Crippen LogP contribution in [0.3, 0.4) is 0 Å². The minimum Gasteiger partial charge on any atom is -0.398 e. The van der Waals surface area contributed by atoms with Gasteiger partial charge in [-0.25, -0.2) is 8.42 Å². The fourth-order valence-corrected chi connectivity index (χ4v) is 3.03. The molecule has 86 valence electrons. The molecule has 0 aromatic heterocycles. The van der Waals surface area contributed by atoms with E-state index in [0.717, 1.165) is 5.56 Å². The first-order valence-electron chi connectivity index (χ1n) is 4.83. The Hall–Kier alpha value is -1.56. The molecule has 16 heavy (non-hydrogen) atoms. The minimum absolute atomic E-state index is 0.0179. The van der Waals surface area contributed by atoms with Gasteiger partial charge in [0.1, 0.15) is 0 Å². The third-order valence-electron chi connectivity index (χ3n) is 2.58. The number of sulfone groups is 1. The highest BCUT2D eigenvalue weighted by Crippen LogP contribution is 2.30. The molecule has 1 aromatic carbocycles. The first-order valence-corrected chi connectivity index (χ1v) is 6.48. The normalized spacial score (nSPS) is 18.4. The third-order valence-corrected chi connectivity index (χ3v) is 4.32. The van der Waals surface area contributed by atoms with Crippen molar-refractivity contribution in [3.05, 3.63) is 17.7 Å². The van der Waals surface area contributed by atoms with E-state index in [1.165, 1.54) is 6.07 Å². The van der Waals surface area contributed by atoms with Gasteiger partial charge in [-0.2, -0.15) is 0 Å². The number of fused-ring (bicyclic) bond motifs is 1. The topological polar surface area (TPSA) is 89.3 Å². The Balaban J connectivity index is 2.71. The largest absolute Gasteiger partial charge is 0.398 e. The Morgan fingerprint density at radius 1 is 1.38 bits per heavy atom. The summed E-state index contributed by atoms with van der Waals surface area (Å²) < 4.78 is 23.7. The Bertz CT molecular complexity index is 564. The number of nitrogens with two attached hydrogens (primary N) is 1. The van der Waals surface area contributed by atoms with Crippen molar-refractivity contribution >= 4 is 27.1 Å². The first kappa shape index (κ1) is 10.9. The van der Waals surface area contributed by atoms with Crippen LogP contribution in [0.25, 0.3) is 0 Å². The summed E-state index contributed by atoms with van der Waals surface area (Å²) in [5.74, 6) is -0.458. The Morgan fingerprint density at radius 2 is 2.06 bits per heavy atom. The third kappa shape index (κ3) is 1.76. The molecule has 3 N–H and O–H groups in total. The molecule has 1 aliphatic rings. The number of carbonyl (C=O) groups is 1. The van der Waals surface area contributed by atoms with Crippen LogP contribution in [-0.2, 0) is 14.6 Å². The van der Waals surface area contributed by atoms with E-state index in [1.807, 2.05) is 0 Å². The van der Waals surface area contributed by atoms with Crippen LogP contribution in [0.1, 0.15) is 12.0 Å². The fraction of sp³-hybridized carbons (Fsp3) is 0.300. The number of amides is 1. The number of nitrogens with one attached hydrogen (secondary N) is 1. The Kier molecular flexibility index (Phi) is 2.38. The van der Waals surface area contributed by atoms with Crippen molar-refractivity contribution in [2.75, 3.05) is 16.8 Å². The molecule has 0 spiro atoms. The van der Waals surface area contributed by atoms with Crippen LogP contribution in [0.2, 0.25) is 0 Å². The lowest BCUT2D eigenvalue weighted by atomic mass is 10.2. The van der Waals surface area contributed by atoms with Crippen molar-refractivity contribution in [2.24, 2.45) is 0 Å². The summed E-state index contributed by atoms with van der Waals surface area (Å²) in [6.07, 6.45) is -0.0179. The van der Waals surface area contributed by atoms with Gasteiger partial charge in [0.15, 0.2) is 9.84 Å². The Morgan fingerprint density at radius 3 is 2.75 bits per heavy atom. The smallest absolute Gasteiger partial charge is 0.225 e. The molecule has 6 heteroatoms. The lowest BCUT2D eigenvalue weighted by Crippen LogP contribution is -2.11. The highest BCUT2D eigenvalue weighted by molar-refractivity contribution is 7.91. The molecule has 1 amide bonds. The molecule has 0 bridgehead atoms. The summed E-state index contributed by atoms with van der Waals surface area (Å²) in [7, 11) is -3.41. The number of benzene rings is 1. The van der Waals surface area contributed by atoms with E-state index in [1.54, 1.807) is 13.0 Å². The monoisotopic (exact) mass is 240 g/mol. The zero-order valence-electron chi connectivity index (χ0n) is 8.78. The summed E-state index contributed by atoms with van der Waals surface area (Å²) in [6.45, 7) is 1.76. The van der Waals surface area contributed by atoms with Crippen molar-refractivity contribution < 1.29 is 13.2 Å². The first-order chi connectivity index (χ1) is 7.40. The maximum absolute atomic E-state index is 11.9. The minimum atomic E-state index is -3.41. The zero-order valence-corrected chi connectivity index (χ0v) is 9.60. The van der Waals surface area contributed by atoms with E-state index in [4.69, 9.17) is 5.73 Å². The Labute approximate surface area is 93.6 Å². The van der Waals surface area contributed by atoms with Gasteiger partial charge in [0.2, 0.25) is 5.91 Å². The van der Waals surface area contributed by atoms with Gasteiger partial charge in [-0.3, -0.25) is 4.79 Å². The van der Waals surface area contributed by atoms with Gasteiger partial charge in [0.25, 0.3) is 0 Å². The number of hydrogen-bond donors (Lipinski definition) is 2. The van der Waals surface area contributed by atoms with Gasteiger partial charge < -0.3 is 11.1 Å². The SMILES string of the molecule is Cc1cc2c(cc1N)S(=O)(=O)CCC(=O)N2. The van der Waals surface area contributed by atoms with Crippen molar-refractivity contribution in [3.63, 3.8) is 0 Å². The van der Waals surface area contributed by atoms with Crippen LogP contribution < -0.4 is 11.1 Å². The van der Waals surface area contributed by atoms with Crippen LogP contribution in [0, 0.1) is 6.92 Å². The molecule has 5 nitrogen and oxygen atoms in total. The average molecular weight is 240 g/mol. The van der Waals surface area contributed by atoms with Gasteiger partial charge in [0, 0.05) is 12.1 Å². The van der Waals surface area contributed by atoms with E-state index >= 15 is 0 Å². The maximum atomic E-state index is 11.9. The highest BCUT2D eigenvalue weighted by atomic mass is 32.2. The van der Waals surface area contributed by atoms with E-state index in [9.17, 15) is 13.2 Å². The molecular formula is C10H12N2O3S. The molecule has 0 aliphatic carbocycles. The molecular weight excluding hydrogens is 228 g/mol. The molecule has 1 heterocycles. The van der Waals surface area contributed by atoms with Crippen LogP contribution >= 0.6 is 0 Å². The molecule has 0 fully saturated rings.